The first kappa shape index (κ1) is 56.1. The SMILES string of the molecule is CC1(C)c2ccccc2-c2cc(-n3c4ccccc4c4cc(-c5ccc6c(c5)c5ccccc5n6-c5ccccc5)ccc43)ccc21.c1ccc(-c2ccc(-n3c4ccccc4c4cc(-c5ccc6c(c5)c5ccccc5n6-c5ccc6sc7ccccc7c6c5)ccc43)cc2)cc1. The fourth-order valence-corrected chi connectivity index (χ4v) is 17.5. The molecular formula is C93H62N4S. The summed E-state index contributed by atoms with van der Waals surface area (Å²) in [4.78, 5) is 0. The zero-order valence-corrected chi connectivity index (χ0v) is 54.8. The van der Waals surface area contributed by atoms with Crippen LogP contribution in [0.25, 0.3) is 175 Å². The summed E-state index contributed by atoms with van der Waals surface area (Å²) in [5, 5.41) is 12.8. The molecule has 0 unspecified atom stereocenters. The lowest BCUT2D eigenvalue weighted by Crippen LogP contribution is -2.14. The van der Waals surface area contributed by atoms with E-state index in [1.165, 1.54) is 180 Å². The van der Waals surface area contributed by atoms with E-state index in [2.05, 4.69) is 372 Å². The van der Waals surface area contributed by atoms with Crippen molar-refractivity contribution in [2.75, 3.05) is 0 Å². The Morgan fingerprint density at radius 1 is 0.204 bits per heavy atom. The van der Waals surface area contributed by atoms with Crippen LogP contribution in [-0.4, -0.2) is 18.3 Å². The van der Waals surface area contributed by atoms with Crippen molar-refractivity contribution < 1.29 is 0 Å². The van der Waals surface area contributed by atoms with Gasteiger partial charge >= 0.3 is 0 Å². The summed E-state index contributed by atoms with van der Waals surface area (Å²) in [5.41, 5.74) is 27.3. The summed E-state index contributed by atoms with van der Waals surface area (Å²) in [6.45, 7) is 4.69. The maximum Gasteiger partial charge on any atom is 0.0541 e. The van der Waals surface area contributed by atoms with Gasteiger partial charge in [0.25, 0.3) is 0 Å². The molecule has 0 saturated heterocycles. The second-order valence-corrected chi connectivity index (χ2v) is 27.8. The van der Waals surface area contributed by atoms with Crippen molar-refractivity contribution in [3.8, 4) is 67.3 Å². The molecule has 0 fully saturated rings. The molecule has 20 aromatic rings. The third kappa shape index (κ3) is 8.62. The van der Waals surface area contributed by atoms with Gasteiger partial charge in [0.2, 0.25) is 0 Å². The molecule has 0 N–H and O–H groups in total. The van der Waals surface area contributed by atoms with E-state index in [0.717, 1.165) is 5.69 Å². The molecule has 0 bridgehead atoms. The third-order valence-electron chi connectivity index (χ3n) is 21.0. The molecule has 1 aliphatic carbocycles. The summed E-state index contributed by atoms with van der Waals surface area (Å²) >= 11 is 1.86. The van der Waals surface area contributed by atoms with Crippen LogP contribution in [0, 0.1) is 0 Å². The number of thiophene rings is 1. The van der Waals surface area contributed by atoms with Crippen LogP contribution in [0.3, 0.4) is 0 Å². The second kappa shape index (κ2) is 21.9. The molecule has 0 saturated carbocycles. The van der Waals surface area contributed by atoms with E-state index in [-0.39, 0.29) is 5.41 Å². The van der Waals surface area contributed by atoms with E-state index in [0.29, 0.717) is 0 Å². The van der Waals surface area contributed by atoms with Crippen molar-refractivity contribution in [3.63, 3.8) is 0 Å². The highest BCUT2D eigenvalue weighted by molar-refractivity contribution is 7.25. The smallest absolute Gasteiger partial charge is 0.0541 e. The summed E-state index contributed by atoms with van der Waals surface area (Å²) < 4.78 is 12.3. The first-order chi connectivity index (χ1) is 48.4. The van der Waals surface area contributed by atoms with Crippen LogP contribution < -0.4 is 0 Å². The molecule has 0 amide bonds. The topological polar surface area (TPSA) is 19.7 Å². The Bertz CT molecular complexity index is 6630. The summed E-state index contributed by atoms with van der Waals surface area (Å²) in [7, 11) is 0. The van der Waals surface area contributed by atoms with Gasteiger partial charge in [-0.15, -0.1) is 11.3 Å². The molecule has 0 radical (unpaired) electrons. The maximum absolute atomic E-state index is 2.44. The van der Waals surface area contributed by atoms with Crippen LogP contribution in [0.5, 0.6) is 0 Å². The van der Waals surface area contributed by atoms with E-state index in [4.69, 9.17) is 0 Å². The Hall–Kier alpha value is -12.3. The molecule has 0 spiro atoms. The quantitative estimate of drug-likeness (QED) is 0.152. The van der Waals surface area contributed by atoms with Crippen LogP contribution >= 0.6 is 11.3 Å². The molecule has 5 heterocycles. The van der Waals surface area contributed by atoms with Gasteiger partial charge in [-0.3, -0.25) is 0 Å². The standard InChI is InChI=1S/C48H30N2S.C45H32N2/c1-2-10-31(11-3-1)32-18-22-35(23-19-32)49-43-15-7-4-12-37(43)40-28-33(20-25-45(40)49)34-21-26-46-41(29-34)38-13-5-8-16-44(38)50(46)36-24-27-48-42(30-36)39-14-6-9-17-47(39)51-48;1-45(2)39-17-9-6-14-33(39)36-28-32(22-23-40(36)45)47-42-19-11-8-16-35(42)38-27-30(21-25-44(38)47)29-20-24-43-37(26-29)34-15-7-10-18-41(34)46(43)31-12-4-3-5-13-31/h1-30H;3-28H,1-2H3. The summed E-state index contributed by atoms with van der Waals surface area (Å²) in [6.07, 6.45) is 0. The first-order valence-corrected chi connectivity index (χ1v) is 34.7. The van der Waals surface area contributed by atoms with Gasteiger partial charge in [0, 0.05) is 91.4 Å². The zero-order valence-electron chi connectivity index (χ0n) is 54.0. The average molecular weight is 1270 g/mol. The minimum absolute atomic E-state index is 0.00527. The van der Waals surface area contributed by atoms with Gasteiger partial charge < -0.3 is 18.3 Å². The first-order valence-electron chi connectivity index (χ1n) is 33.9. The number of para-hydroxylation sites is 5. The number of benzene rings is 15. The number of hydrogen-bond acceptors (Lipinski definition) is 1. The minimum Gasteiger partial charge on any atom is -0.309 e. The zero-order chi connectivity index (χ0) is 64.7. The van der Waals surface area contributed by atoms with Crippen LogP contribution in [0.4, 0.5) is 0 Å². The monoisotopic (exact) mass is 1270 g/mol. The Morgan fingerprint density at radius 3 is 1.05 bits per heavy atom. The molecule has 4 nitrogen and oxygen atoms in total. The number of hydrogen-bond donors (Lipinski definition) is 0. The van der Waals surface area contributed by atoms with Crippen molar-refractivity contribution in [2.45, 2.75) is 19.3 Å². The molecule has 1 aliphatic rings. The normalized spacial score (nSPS) is 12.7. The lowest BCUT2D eigenvalue weighted by Gasteiger charge is -2.21. The Balaban J connectivity index is 0.000000133. The van der Waals surface area contributed by atoms with E-state index < -0.39 is 0 Å². The highest BCUT2D eigenvalue weighted by Crippen LogP contribution is 2.50. The van der Waals surface area contributed by atoms with Crippen molar-refractivity contribution in [1.82, 2.24) is 18.3 Å². The number of aromatic nitrogens is 4. The van der Waals surface area contributed by atoms with E-state index in [1.54, 1.807) is 0 Å². The van der Waals surface area contributed by atoms with Crippen LogP contribution in [0.1, 0.15) is 25.0 Å². The molecule has 15 aromatic carbocycles. The predicted molar refractivity (Wildman–Crippen MR) is 417 cm³/mol. The number of fused-ring (bicyclic) bond motifs is 18. The Morgan fingerprint density at radius 2 is 0.541 bits per heavy atom. The Labute approximate surface area is 570 Å². The second-order valence-electron chi connectivity index (χ2n) is 26.8. The lowest BCUT2D eigenvalue weighted by atomic mass is 9.82. The van der Waals surface area contributed by atoms with Crippen LogP contribution in [-0.2, 0) is 5.41 Å². The van der Waals surface area contributed by atoms with Crippen molar-refractivity contribution >= 4 is 119 Å². The van der Waals surface area contributed by atoms with Gasteiger partial charge in [-0.1, -0.05) is 220 Å². The molecule has 5 heteroatoms. The van der Waals surface area contributed by atoms with Gasteiger partial charge in [0.05, 0.1) is 44.1 Å². The number of nitrogens with zero attached hydrogens (tertiary/aromatic N) is 4. The molecular weight excluding hydrogens is 1210 g/mol. The largest absolute Gasteiger partial charge is 0.309 e. The summed E-state index contributed by atoms with van der Waals surface area (Å²) in [6, 6.07) is 125. The fourth-order valence-electron chi connectivity index (χ4n) is 16.4. The third-order valence-corrected chi connectivity index (χ3v) is 22.2. The molecule has 460 valence electrons. The van der Waals surface area contributed by atoms with Gasteiger partial charge in [-0.25, -0.2) is 0 Å². The molecule has 0 atom stereocenters. The lowest BCUT2D eigenvalue weighted by molar-refractivity contribution is 0.660. The molecule has 0 aliphatic heterocycles. The van der Waals surface area contributed by atoms with Gasteiger partial charge in [-0.05, 0) is 189 Å². The maximum atomic E-state index is 2.44. The van der Waals surface area contributed by atoms with Crippen LogP contribution in [0.15, 0.2) is 340 Å². The highest BCUT2D eigenvalue weighted by Gasteiger charge is 2.35. The fraction of sp³-hybridized carbons (Fsp3) is 0.0323. The average Bonchev–Trinajstić information content (AvgIpc) is 1.58. The van der Waals surface area contributed by atoms with Gasteiger partial charge in [0.15, 0.2) is 0 Å². The number of rotatable bonds is 7. The summed E-state index contributed by atoms with van der Waals surface area (Å²) in [5.74, 6) is 0. The van der Waals surface area contributed by atoms with Gasteiger partial charge in [-0.2, -0.15) is 0 Å². The highest BCUT2D eigenvalue weighted by atomic mass is 32.1. The molecule has 21 rings (SSSR count). The Kier molecular flexibility index (Phi) is 12.5. The van der Waals surface area contributed by atoms with E-state index in [9.17, 15) is 0 Å². The molecule has 98 heavy (non-hydrogen) atoms. The van der Waals surface area contributed by atoms with Crippen LogP contribution in [0.2, 0.25) is 0 Å². The van der Waals surface area contributed by atoms with E-state index >= 15 is 0 Å². The van der Waals surface area contributed by atoms with Crippen molar-refractivity contribution in [2.24, 2.45) is 0 Å². The predicted octanol–water partition coefficient (Wildman–Crippen LogP) is 25.4. The van der Waals surface area contributed by atoms with Crippen molar-refractivity contribution in [1.29, 1.82) is 0 Å². The molecule has 5 aromatic heterocycles. The minimum atomic E-state index is -0.00527. The van der Waals surface area contributed by atoms with E-state index in [1.807, 2.05) is 11.3 Å². The van der Waals surface area contributed by atoms with Gasteiger partial charge in [0.1, 0.15) is 0 Å². The van der Waals surface area contributed by atoms with Crippen molar-refractivity contribution in [3.05, 3.63) is 351 Å².